The standard InChI is InChI=1S/C20H23Cl2NO3.ClH/c1-4-23(5-2)14(3)25-20(24)12-15-8-6-7-9-18(15)26-19-11-10-16(21)13-17(19)22;/h6-11,13-14H,4-5,12H2,1-3H3;1H. The minimum Gasteiger partial charge on any atom is -0.456 e. The summed E-state index contributed by atoms with van der Waals surface area (Å²) < 4.78 is 11.4. The van der Waals surface area contributed by atoms with Gasteiger partial charge in [-0.3, -0.25) is 9.69 Å². The van der Waals surface area contributed by atoms with Crippen molar-refractivity contribution in [3.8, 4) is 11.5 Å². The van der Waals surface area contributed by atoms with Crippen LogP contribution in [-0.4, -0.2) is 30.2 Å². The molecule has 0 bridgehead atoms. The van der Waals surface area contributed by atoms with Gasteiger partial charge in [0.25, 0.3) is 0 Å². The van der Waals surface area contributed by atoms with Crippen LogP contribution in [0.2, 0.25) is 10.0 Å². The van der Waals surface area contributed by atoms with E-state index < -0.39 is 0 Å². The first kappa shape index (κ1) is 23.6. The third-order valence-electron chi connectivity index (χ3n) is 4.05. The zero-order valence-corrected chi connectivity index (χ0v) is 17.9. The Morgan fingerprint density at radius 1 is 1.07 bits per heavy atom. The van der Waals surface area contributed by atoms with Crippen molar-refractivity contribution < 1.29 is 14.3 Å². The zero-order valence-electron chi connectivity index (χ0n) is 15.6. The molecule has 2 aromatic rings. The van der Waals surface area contributed by atoms with Crippen LogP contribution in [0.1, 0.15) is 26.3 Å². The molecule has 0 saturated heterocycles. The number of ether oxygens (including phenoxy) is 2. The van der Waals surface area contributed by atoms with Crippen LogP contribution in [0.5, 0.6) is 11.5 Å². The third-order valence-corrected chi connectivity index (χ3v) is 4.58. The molecule has 0 saturated carbocycles. The van der Waals surface area contributed by atoms with Crippen molar-refractivity contribution in [1.29, 1.82) is 0 Å². The summed E-state index contributed by atoms with van der Waals surface area (Å²) in [7, 11) is 0. The Morgan fingerprint density at radius 2 is 1.74 bits per heavy atom. The molecule has 4 nitrogen and oxygen atoms in total. The summed E-state index contributed by atoms with van der Waals surface area (Å²) in [5.41, 5.74) is 0.732. The highest BCUT2D eigenvalue weighted by Gasteiger charge is 2.17. The second-order valence-electron chi connectivity index (χ2n) is 5.77. The monoisotopic (exact) mass is 431 g/mol. The molecule has 0 heterocycles. The normalized spacial score (nSPS) is 11.6. The Hall–Kier alpha value is -1.46. The van der Waals surface area contributed by atoms with Crippen molar-refractivity contribution in [2.75, 3.05) is 13.1 Å². The lowest BCUT2D eigenvalue weighted by Crippen LogP contribution is -2.36. The predicted octanol–water partition coefficient (Wildman–Crippen LogP) is 5.98. The van der Waals surface area contributed by atoms with Gasteiger partial charge in [0, 0.05) is 10.6 Å². The van der Waals surface area contributed by atoms with Gasteiger partial charge >= 0.3 is 5.97 Å². The van der Waals surface area contributed by atoms with E-state index in [-0.39, 0.29) is 31.0 Å². The molecular formula is C20H24Cl3NO3. The number of carbonyl (C=O) groups excluding carboxylic acids is 1. The van der Waals surface area contributed by atoms with E-state index in [1.165, 1.54) is 0 Å². The Balaban J connectivity index is 0.00000364. The summed E-state index contributed by atoms with van der Waals surface area (Å²) in [6.45, 7) is 7.58. The van der Waals surface area contributed by atoms with Crippen LogP contribution in [0, 0.1) is 0 Å². The molecule has 0 radical (unpaired) electrons. The molecular weight excluding hydrogens is 409 g/mol. The Morgan fingerprint density at radius 3 is 2.37 bits per heavy atom. The largest absolute Gasteiger partial charge is 0.456 e. The van der Waals surface area contributed by atoms with Crippen molar-refractivity contribution in [1.82, 2.24) is 4.90 Å². The molecule has 2 rings (SSSR count). The van der Waals surface area contributed by atoms with Crippen LogP contribution in [0.4, 0.5) is 0 Å². The number of rotatable bonds is 8. The van der Waals surface area contributed by atoms with E-state index in [0.29, 0.717) is 21.5 Å². The second kappa shape index (κ2) is 11.4. The highest BCUT2D eigenvalue weighted by Crippen LogP contribution is 2.33. The minimum atomic E-state index is -0.303. The first-order valence-corrected chi connectivity index (χ1v) is 9.34. The van der Waals surface area contributed by atoms with E-state index in [2.05, 4.69) is 4.90 Å². The number of esters is 1. The van der Waals surface area contributed by atoms with Gasteiger partial charge in [0.15, 0.2) is 6.23 Å². The van der Waals surface area contributed by atoms with E-state index in [4.69, 9.17) is 32.7 Å². The number of hydrogen-bond acceptors (Lipinski definition) is 4. The van der Waals surface area contributed by atoms with Crippen molar-refractivity contribution in [2.45, 2.75) is 33.4 Å². The number of nitrogens with zero attached hydrogens (tertiary/aromatic N) is 1. The van der Waals surface area contributed by atoms with E-state index in [1.807, 2.05) is 39.0 Å². The topological polar surface area (TPSA) is 38.8 Å². The third kappa shape index (κ3) is 6.89. The summed E-state index contributed by atoms with van der Waals surface area (Å²) >= 11 is 12.1. The maximum atomic E-state index is 12.3. The van der Waals surface area contributed by atoms with Gasteiger partial charge < -0.3 is 9.47 Å². The number of halogens is 3. The lowest BCUT2D eigenvalue weighted by molar-refractivity contribution is -0.156. The molecule has 0 aliphatic heterocycles. The van der Waals surface area contributed by atoms with E-state index >= 15 is 0 Å². The van der Waals surface area contributed by atoms with Gasteiger partial charge in [0.05, 0.1) is 11.4 Å². The maximum Gasteiger partial charge on any atom is 0.311 e. The molecule has 7 heteroatoms. The Labute approximate surface area is 176 Å². The number of para-hydroxylation sites is 1. The molecule has 0 aliphatic rings. The summed E-state index contributed by atoms with van der Waals surface area (Å²) in [5, 5.41) is 0.939. The van der Waals surface area contributed by atoms with Crippen molar-refractivity contribution in [3.05, 3.63) is 58.1 Å². The van der Waals surface area contributed by atoms with Crippen LogP contribution in [0.15, 0.2) is 42.5 Å². The predicted molar refractivity (Wildman–Crippen MR) is 112 cm³/mol. The van der Waals surface area contributed by atoms with Crippen LogP contribution >= 0.6 is 35.6 Å². The van der Waals surface area contributed by atoms with Gasteiger partial charge in [-0.15, -0.1) is 12.4 Å². The lowest BCUT2D eigenvalue weighted by atomic mass is 10.1. The first-order chi connectivity index (χ1) is 12.4. The molecule has 27 heavy (non-hydrogen) atoms. The van der Waals surface area contributed by atoms with Gasteiger partial charge in [-0.05, 0) is 44.3 Å². The Bertz CT molecular complexity index is 751. The highest BCUT2D eigenvalue weighted by molar-refractivity contribution is 6.35. The molecule has 0 aliphatic carbocycles. The van der Waals surface area contributed by atoms with Crippen LogP contribution < -0.4 is 4.74 Å². The summed E-state index contributed by atoms with van der Waals surface area (Å²) in [5.74, 6) is 0.736. The van der Waals surface area contributed by atoms with Crippen molar-refractivity contribution in [2.24, 2.45) is 0 Å². The van der Waals surface area contributed by atoms with Gasteiger partial charge in [-0.1, -0.05) is 55.2 Å². The summed E-state index contributed by atoms with van der Waals surface area (Å²) in [6.07, 6.45) is -0.149. The van der Waals surface area contributed by atoms with Crippen LogP contribution in [0.3, 0.4) is 0 Å². The van der Waals surface area contributed by atoms with Gasteiger partial charge in [0.2, 0.25) is 0 Å². The molecule has 0 amide bonds. The van der Waals surface area contributed by atoms with Gasteiger partial charge in [0.1, 0.15) is 11.5 Å². The quantitative estimate of drug-likeness (QED) is 0.380. The van der Waals surface area contributed by atoms with E-state index in [1.54, 1.807) is 24.3 Å². The molecule has 0 fully saturated rings. The second-order valence-corrected chi connectivity index (χ2v) is 6.62. The van der Waals surface area contributed by atoms with E-state index in [0.717, 1.165) is 18.7 Å². The van der Waals surface area contributed by atoms with Gasteiger partial charge in [-0.25, -0.2) is 0 Å². The molecule has 1 atom stereocenters. The SMILES string of the molecule is CCN(CC)C(C)OC(=O)Cc1ccccc1Oc1ccc(Cl)cc1Cl.Cl. The van der Waals surface area contributed by atoms with E-state index in [9.17, 15) is 4.79 Å². The molecule has 1 unspecified atom stereocenters. The fourth-order valence-electron chi connectivity index (χ4n) is 2.63. The fourth-order valence-corrected chi connectivity index (χ4v) is 3.07. The van der Waals surface area contributed by atoms with Crippen LogP contribution in [-0.2, 0) is 16.0 Å². The first-order valence-electron chi connectivity index (χ1n) is 8.58. The summed E-state index contributed by atoms with van der Waals surface area (Å²) in [6, 6.07) is 12.3. The van der Waals surface area contributed by atoms with Crippen molar-refractivity contribution in [3.63, 3.8) is 0 Å². The zero-order chi connectivity index (χ0) is 19.1. The van der Waals surface area contributed by atoms with Crippen molar-refractivity contribution >= 4 is 41.6 Å². The maximum absolute atomic E-state index is 12.3. The fraction of sp³-hybridized carbons (Fsp3) is 0.350. The number of hydrogen-bond donors (Lipinski definition) is 0. The molecule has 0 spiro atoms. The lowest BCUT2D eigenvalue weighted by Gasteiger charge is -2.26. The molecule has 0 N–H and O–H groups in total. The minimum absolute atomic E-state index is 0. The molecule has 148 valence electrons. The molecule has 2 aromatic carbocycles. The summed E-state index contributed by atoms with van der Waals surface area (Å²) in [4.78, 5) is 14.4. The van der Waals surface area contributed by atoms with Gasteiger partial charge in [-0.2, -0.15) is 0 Å². The van der Waals surface area contributed by atoms with Crippen LogP contribution in [0.25, 0.3) is 0 Å². The Kier molecular flexibility index (Phi) is 9.95. The molecule has 0 aromatic heterocycles. The number of benzene rings is 2. The number of carbonyl (C=O) groups is 1. The average Bonchev–Trinajstić information content (AvgIpc) is 2.60. The highest BCUT2D eigenvalue weighted by atomic mass is 35.5. The smallest absolute Gasteiger partial charge is 0.311 e. The average molecular weight is 433 g/mol.